The Balaban J connectivity index is 1.41. The van der Waals surface area contributed by atoms with Crippen LogP contribution in [0.1, 0.15) is 28.1 Å². The minimum atomic E-state index is -4.58. The number of aromatic nitrogens is 2. The van der Waals surface area contributed by atoms with Gasteiger partial charge in [-0.05, 0) is 48.0 Å². The van der Waals surface area contributed by atoms with Crippen molar-refractivity contribution in [3.8, 4) is 11.5 Å². The van der Waals surface area contributed by atoms with Crippen LogP contribution in [-0.4, -0.2) is 37.6 Å². The number of hydrazone groups is 1. The number of amides is 1. The summed E-state index contributed by atoms with van der Waals surface area (Å²) in [5.74, 6) is 0.166. The molecule has 0 saturated carbocycles. The molecule has 2 aromatic heterocycles. The maximum atomic E-state index is 12.9. The first-order valence-electron chi connectivity index (χ1n) is 12.1. The summed E-state index contributed by atoms with van der Waals surface area (Å²) < 4.78 is 74.8. The van der Waals surface area contributed by atoms with Crippen LogP contribution in [0.5, 0.6) is 11.5 Å². The Hall–Kier alpha value is -4.49. The highest BCUT2D eigenvalue weighted by atomic mass is 35.5. The Morgan fingerprint density at radius 3 is 2.52 bits per heavy atom. The van der Waals surface area contributed by atoms with Gasteiger partial charge in [0, 0.05) is 30.1 Å². The number of halogens is 4. The molecule has 14 heteroatoms. The van der Waals surface area contributed by atoms with Gasteiger partial charge in [0.1, 0.15) is 10.6 Å². The molecule has 0 saturated heterocycles. The number of carbonyl (C=O) groups is 1. The Kier molecular flexibility index (Phi) is 9.43. The fourth-order valence-corrected chi connectivity index (χ4v) is 4.73. The molecule has 2 heterocycles. The van der Waals surface area contributed by atoms with Crippen LogP contribution in [0.4, 0.5) is 13.2 Å². The van der Waals surface area contributed by atoms with Crippen molar-refractivity contribution in [3.63, 3.8) is 0 Å². The van der Waals surface area contributed by atoms with Crippen molar-refractivity contribution in [1.82, 2.24) is 15.4 Å². The molecule has 42 heavy (non-hydrogen) atoms. The van der Waals surface area contributed by atoms with Crippen LogP contribution in [-0.2, 0) is 33.9 Å². The predicted octanol–water partition coefficient (Wildman–Crippen LogP) is 5.21. The lowest BCUT2D eigenvalue weighted by Gasteiger charge is -2.10. The third kappa shape index (κ3) is 8.04. The first kappa shape index (κ1) is 30.5. The zero-order valence-corrected chi connectivity index (χ0v) is 23.4. The minimum Gasteiger partial charge on any atom is -0.497 e. The van der Waals surface area contributed by atoms with E-state index in [2.05, 4.69) is 20.5 Å². The fourth-order valence-electron chi connectivity index (χ4n) is 3.60. The van der Waals surface area contributed by atoms with Gasteiger partial charge >= 0.3 is 16.3 Å². The van der Waals surface area contributed by atoms with Crippen LogP contribution in [0.25, 0.3) is 0 Å². The number of nitrogens with zero attached hydrogens (tertiary/aromatic N) is 3. The van der Waals surface area contributed by atoms with E-state index >= 15 is 0 Å². The smallest absolute Gasteiger partial charge is 0.417 e. The van der Waals surface area contributed by atoms with Gasteiger partial charge in [-0.25, -0.2) is 5.43 Å². The highest BCUT2D eigenvalue weighted by Gasteiger charge is 2.31. The summed E-state index contributed by atoms with van der Waals surface area (Å²) in [6.07, 6.45) is -1.60. The van der Waals surface area contributed by atoms with Gasteiger partial charge < -0.3 is 8.92 Å². The quantitative estimate of drug-likeness (QED) is 0.147. The number of hydrogen-bond acceptors (Lipinski definition) is 8. The zero-order valence-electron chi connectivity index (χ0n) is 21.8. The average molecular weight is 619 g/mol. The lowest BCUT2D eigenvalue weighted by molar-refractivity contribution is -0.137. The fraction of sp³-hybridized carbons (Fsp3) is 0.143. The van der Waals surface area contributed by atoms with Crippen molar-refractivity contribution in [3.05, 3.63) is 112 Å². The summed E-state index contributed by atoms with van der Waals surface area (Å²) in [5, 5.41) is 3.71. The summed E-state index contributed by atoms with van der Waals surface area (Å²) in [7, 11) is -2.81. The molecule has 0 spiro atoms. The molecule has 2 aromatic carbocycles. The summed E-state index contributed by atoms with van der Waals surface area (Å²) in [6.45, 7) is 0. The average Bonchev–Trinajstić information content (AvgIpc) is 2.95. The van der Waals surface area contributed by atoms with E-state index in [0.29, 0.717) is 17.6 Å². The lowest BCUT2D eigenvalue weighted by Crippen LogP contribution is -2.20. The third-order valence-electron chi connectivity index (χ3n) is 5.69. The molecule has 0 radical (unpaired) electrons. The first-order chi connectivity index (χ1) is 19.9. The molecular formula is C28H22ClF3N4O5S. The van der Waals surface area contributed by atoms with Crippen molar-refractivity contribution >= 4 is 33.8 Å². The monoisotopic (exact) mass is 618 g/mol. The van der Waals surface area contributed by atoms with E-state index in [1.54, 1.807) is 42.5 Å². The number of para-hydroxylation sites is 1. The second kappa shape index (κ2) is 13.0. The second-order valence-electron chi connectivity index (χ2n) is 8.71. The molecule has 0 aliphatic carbocycles. The van der Waals surface area contributed by atoms with Gasteiger partial charge in [0.2, 0.25) is 5.91 Å². The molecule has 9 nitrogen and oxygen atoms in total. The van der Waals surface area contributed by atoms with E-state index in [9.17, 15) is 26.4 Å². The molecule has 0 fully saturated rings. The van der Waals surface area contributed by atoms with Gasteiger partial charge in [-0.1, -0.05) is 35.9 Å². The predicted molar refractivity (Wildman–Crippen MR) is 148 cm³/mol. The van der Waals surface area contributed by atoms with Crippen molar-refractivity contribution in [1.29, 1.82) is 0 Å². The number of methoxy groups -OCH3 is 1. The van der Waals surface area contributed by atoms with Crippen LogP contribution in [0.2, 0.25) is 5.02 Å². The molecule has 1 N–H and O–H groups in total. The molecule has 0 unspecified atom stereocenters. The van der Waals surface area contributed by atoms with E-state index < -0.39 is 27.8 Å². The van der Waals surface area contributed by atoms with Crippen molar-refractivity contribution < 1.29 is 35.3 Å². The number of ether oxygens (including phenoxy) is 1. The van der Waals surface area contributed by atoms with Crippen molar-refractivity contribution in [2.75, 3.05) is 7.11 Å². The molecular weight excluding hydrogens is 597 g/mol. The molecule has 0 bridgehead atoms. The van der Waals surface area contributed by atoms with Crippen LogP contribution >= 0.6 is 11.6 Å². The van der Waals surface area contributed by atoms with E-state index in [1.807, 2.05) is 0 Å². The first-order valence-corrected chi connectivity index (χ1v) is 13.9. The number of alkyl halides is 3. The van der Waals surface area contributed by atoms with Gasteiger partial charge in [-0.3, -0.25) is 14.8 Å². The maximum absolute atomic E-state index is 12.9. The number of rotatable bonds is 10. The third-order valence-corrected chi connectivity index (χ3v) is 7.23. The second-order valence-corrected chi connectivity index (χ2v) is 10.7. The Morgan fingerprint density at radius 2 is 1.83 bits per heavy atom. The van der Waals surface area contributed by atoms with E-state index in [0.717, 1.165) is 17.8 Å². The van der Waals surface area contributed by atoms with Crippen molar-refractivity contribution in [2.45, 2.75) is 23.9 Å². The standard InChI is InChI=1S/C28H22ClF3N4O5S/c1-40-22-7-4-5-18(11-22)12-27(37)36-35-15-19-6-2-3-8-26(19)41-42(38,39)23-10-9-21(33-17-23)14-25-24(29)13-20(16-34-25)28(30,31)32/h2-11,13,15-17H,12,14H2,1H3,(H,36,37)/b35-15+. The van der Waals surface area contributed by atoms with Crippen LogP contribution in [0, 0.1) is 0 Å². The number of hydrogen-bond donors (Lipinski definition) is 1. The van der Waals surface area contributed by atoms with Crippen LogP contribution in [0.15, 0.2) is 89.1 Å². The highest BCUT2D eigenvalue weighted by Crippen LogP contribution is 2.31. The molecule has 4 rings (SSSR count). The summed E-state index contributed by atoms with van der Waals surface area (Å²) in [6, 6.07) is 16.5. The number of carbonyl (C=O) groups excluding carboxylic acids is 1. The lowest BCUT2D eigenvalue weighted by atomic mass is 10.1. The topological polar surface area (TPSA) is 120 Å². The van der Waals surface area contributed by atoms with Crippen molar-refractivity contribution in [2.24, 2.45) is 5.10 Å². The van der Waals surface area contributed by atoms with E-state index in [4.69, 9.17) is 20.5 Å². The summed E-state index contributed by atoms with van der Waals surface area (Å²) in [5.41, 5.74) is 2.86. The Bertz CT molecular complexity index is 1720. The van der Waals surface area contributed by atoms with Gasteiger partial charge in [0.05, 0.1) is 36.0 Å². The number of nitrogens with one attached hydrogen (secondary N) is 1. The van der Waals surface area contributed by atoms with Crippen LogP contribution in [0.3, 0.4) is 0 Å². The number of benzene rings is 2. The minimum absolute atomic E-state index is 0.0268. The zero-order chi connectivity index (χ0) is 30.3. The van der Waals surface area contributed by atoms with Gasteiger partial charge in [-0.15, -0.1) is 0 Å². The van der Waals surface area contributed by atoms with Gasteiger partial charge in [0.25, 0.3) is 0 Å². The molecule has 218 valence electrons. The van der Waals surface area contributed by atoms with Gasteiger partial charge in [0.15, 0.2) is 5.75 Å². The summed E-state index contributed by atoms with van der Waals surface area (Å²) in [4.78, 5) is 19.8. The number of pyridine rings is 2. The largest absolute Gasteiger partial charge is 0.497 e. The molecule has 4 aromatic rings. The molecule has 0 aliphatic rings. The maximum Gasteiger partial charge on any atom is 0.417 e. The molecule has 0 atom stereocenters. The van der Waals surface area contributed by atoms with E-state index in [-0.39, 0.29) is 39.8 Å². The van der Waals surface area contributed by atoms with E-state index in [1.165, 1.54) is 31.5 Å². The molecule has 0 aliphatic heterocycles. The molecule has 1 amide bonds. The summed E-state index contributed by atoms with van der Waals surface area (Å²) >= 11 is 5.95. The normalized spacial score (nSPS) is 11.8. The SMILES string of the molecule is COc1cccc(CC(=O)N/N=C/c2ccccc2OS(=O)(=O)c2ccc(Cc3ncc(C(F)(F)F)cc3Cl)nc2)c1. The highest BCUT2D eigenvalue weighted by molar-refractivity contribution is 7.87. The Morgan fingerprint density at radius 1 is 1.05 bits per heavy atom. The van der Waals surface area contributed by atoms with Crippen LogP contribution < -0.4 is 14.3 Å². The van der Waals surface area contributed by atoms with Gasteiger partial charge in [-0.2, -0.15) is 26.7 Å². The Labute approximate surface area is 244 Å².